The molecule has 0 aromatic rings. The minimum absolute atomic E-state index is 0.0385. The smallest absolute Gasteiger partial charge is 0.333 e. The van der Waals surface area contributed by atoms with Crippen LogP contribution in [0.2, 0.25) is 0 Å². The quantitative estimate of drug-likeness (QED) is 0.190. The van der Waals surface area contributed by atoms with Gasteiger partial charge in [0.2, 0.25) is 5.91 Å². The number of nitroso groups, excluding NO2 is 1. The van der Waals surface area contributed by atoms with Crippen LogP contribution >= 0.6 is 0 Å². The van der Waals surface area contributed by atoms with Crippen molar-refractivity contribution >= 4 is 11.9 Å². The normalized spacial score (nSPS) is 9.06. The largest absolute Gasteiger partial charge is 0.460 e. The van der Waals surface area contributed by atoms with Crippen LogP contribution < -0.4 is 10.9 Å². The molecule has 0 saturated heterocycles. The molecule has 0 aliphatic rings. The summed E-state index contributed by atoms with van der Waals surface area (Å²) < 4.78 is 4.70. The summed E-state index contributed by atoms with van der Waals surface area (Å²) in [7, 11) is 0. The molecule has 16 heavy (non-hydrogen) atoms. The molecule has 0 radical (unpaired) electrons. The zero-order chi connectivity index (χ0) is 12.4. The summed E-state index contributed by atoms with van der Waals surface area (Å²) in [6, 6.07) is 0. The van der Waals surface area contributed by atoms with E-state index >= 15 is 0 Å². The van der Waals surface area contributed by atoms with Crippen LogP contribution in [0.15, 0.2) is 17.4 Å². The Kier molecular flexibility index (Phi) is 7.33. The maximum atomic E-state index is 10.9. The van der Waals surface area contributed by atoms with E-state index in [0.29, 0.717) is 0 Å². The molecule has 0 rings (SSSR count). The number of ether oxygens (including phenoxy) is 1. The molecule has 0 heterocycles. The van der Waals surface area contributed by atoms with Crippen molar-refractivity contribution in [3.05, 3.63) is 17.1 Å². The average molecular weight is 231 g/mol. The maximum Gasteiger partial charge on any atom is 0.333 e. The van der Waals surface area contributed by atoms with Crippen molar-refractivity contribution in [2.75, 3.05) is 19.8 Å². The van der Waals surface area contributed by atoms with Gasteiger partial charge >= 0.3 is 5.97 Å². The summed E-state index contributed by atoms with van der Waals surface area (Å²) >= 11 is 0. The second kappa shape index (κ2) is 8.36. The Morgan fingerprint density at radius 3 is 2.69 bits per heavy atom. The first-order valence-corrected chi connectivity index (χ1v) is 4.36. The summed E-state index contributed by atoms with van der Waals surface area (Å²) in [6.07, 6.45) is 0. The summed E-state index contributed by atoms with van der Waals surface area (Å²) in [5.41, 5.74) is 1.90. The van der Waals surface area contributed by atoms with Crippen LogP contribution in [-0.4, -0.2) is 31.6 Å². The molecule has 1 amide bonds. The lowest BCUT2D eigenvalue weighted by molar-refractivity contribution is -0.139. The third kappa shape index (κ3) is 7.44. The lowest BCUT2D eigenvalue weighted by Gasteiger charge is -2.05. The zero-order valence-electron chi connectivity index (χ0n) is 8.82. The second-order valence-electron chi connectivity index (χ2n) is 2.74. The summed E-state index contributed by atoms with van der Waals surface area (Å²) in [5.74, 6) is -0.986. The average Bonchev–Trinajstić information content (AvgIpc) is 2.24. The molecule has 0 spiro atoms. The minimum atomic E-state index is -0.516. The number of nitrogens with zero attached hydrogens (tertiary/aromatic N) is 1. The number of rotatable bonds is 8. The van der Waals surface area contributed by atoms with E-state index in [9.17, 15) is 14.5 Å². The van der Waals surface area contributed by atoms with Crippen molar-refractivity contribution in [1.82, 2.24) is 10.9 Å². The number of esters is 1. The van der Waals surface area contributed by atoms with E-state index in [2.05, 4.69) is 22.0 Å². The second-order valence-corrected chi connectivity index (χ2v) is 2.74. The topological polar surface area (TPSA) is 106 Å². The van der Waals surface area contributed by atoms with Gasteiger partial charge in [0.05, 0.1) is 11.8 Å². The first-order valence-electron chi connectivity index (χ1n) is 4.36. The van der Waals surface area contributed by atoms with E-state index in [4.69, 9.17) is 4.74 Å². The zero-order valence-corrected chi connectivity index (χ0v) is 8.82. The Morgan fingerprint density at radius 1 is 1.44 bits per heavy atom. The standard InChI is InChI=1S/C8H13N3O5/c1-6(2)8(13)15-4-3-9-7(12)5-16-11-10-14/h1,3-5H2,2H3,(H,9,12)(H,11,14). The van der Waals surface area contributed by atoms with Crippen LogP contribution in [-0.2, 0) is 19.2 Å². The Balaban J connectivity index is 3.44. The Morgan fingerprint density at radius 2 is 2.12 bits per heavy atom. The SMILES string of the molecule is C=C(C)C(=O)OCCNC(=O)CONN=O. The van der Waals surface area contributed by atoms with E-state index in [-0.39, 0.29) is 25.3 Å². The summed E-state index contributed by atoms with van der Waals surface area (Å²) in [6.45, 7) is 4.74. The van der Waals surface area contributed by atoms with Crippen LogP contribution in [0, 0.1) is 4.91 Å². The lowest BCUT2D eigenvalue weighted by atomic mass is 10.4. The van der Waals surface area contributed by atoms with Crippen LogP contribution in [0.1, 0.15) is 6.92 Å². The van der Waals surface area contributed by atoms with Gasteiger partial charge in [-0.1, -0.05) is 6.58 Å². The van der Waals surface area contributed by atoms with Gasteiger partial charge in [-0.05, 0) is 6.92 Å². The lowest BCUT2D eigenvalue weighted by Crippen LogP contribution is -2.32. The monoisotopic (exact) mass is 231 g/mol. The molecule has 0 aliphatic heterocycles. The highest BCUT2D eigenvalue weighted by atomic mass is 16.7. The molecule has 0 unspecified atom stereocenters. The van der Waals surface area contributed by atoms with Crippen LogP contribution in [0.5, 0.6) is 0 Å². The molecule has 0 aromatic carbocycles. The molecule has 0 bridgehead atoms. The van der Waals surface area contributed by atoms with Crippen molar-refractivity contribution < 1.29 is 19.2 Å². The van der Waals surface area contributed by atoms with E-state index in [1.165, 1.54) is 6.92 Å². The van der Waals surface area contributed by atoms with Crippen molar-refractivity contribution in [2.24, 2.45) is 5.29 Å². The first-order chi connectivity index (χ1) is 7.57. The fourth-order valence-corrected chi connectivity index (χ4v) is 0.633. The molecule has 90 valence electrons. The number of nitrogens with one attached hydrogen (secondary N) is 2. The van der Waals surface area contributed by atoms with Gasteiger partial charge in [0.1, 0.15) is 6.61 Å². The molecule has 8 nitrogen and oxygen atoms in total. The number of hydrogen-bond acceptors (Lipinski definition) is 6. The first kappa shape index (κ1) is 14.0. The molecular formula is C8H13N3O5. The number of amides is 1. The van der Waals surface area contributed by atoms with Gasteiger partial charge in [-0.15, -0.1) is 10.5 Å². The van der Waals surface area contributed by atoms with Gasteiger partial charge in [-0.25, -0.2) is 9.63 Å². The van der Waals surface area contributed by atoms with Crippen LogP contribution in [0.3, 0.4) is 0 Å². The molecule has 0 saturated carbocycles. The third-order valence-electron chi connectivity index (χ3n) is 1.31. The Bertz CT molecular complexity index is 279. The fraction of sp³-hybridized carbons (Fsp3) is 0.500. The molecule has 0 aromatic heterocycles. The highest BCUT2D eigenvalue weighted by Crippen LogP contribution is 1.90. The van der Waals surface area contributed by atoms with Crippen molar-refractivity contribution in [3.8, 4) is 0 Å². The predicted molar refractivity (Wildman–Crippen MR) is 53.7 cm³/mol. The van der Waals surface area contributed by atoms with E-state index in [1.54, 1.807) is 5.59 Å². The fourth-order valence-electron chi connectivity index (χ4n) is 0.633. The minimum Gasteiger partial charge on any atom is -0.460 e. The third-order valence-corrected chi connectivity index (χ3v) is 1.31. The van der Waals surface area contributed by atoms with Gasteiger partial charge in [0, 0.05) is 5.57 Å². The van der Waals surface area contributed by atoms with Crippen molar-refractivity contribution in [2.45, 2.75) is 6.92 Å². The Labute approximate surface area is 91.9 Å². The van der Waals surface area contributed by atoms with Crippen molar-refractivity contribution in [1.29, 1.82) is 0 Å². The molecule has 2 N–H and O–H groups in total. The van der Waals surface area contributed by atoms with Gasteiger partial charge in [-0.3, -0.25) is 4.79 Å². The summed E-state index contributed by atoms with van der Waals surface area (Å²) in [5, 5.41) is 4.55. The van der Waals surface area contributed by atoms with Gasteiger partial charge in [0.15, 0.2) is 6.61 Å². The van der Waals surface area contributed by atoms with Crippen LogP contribution in [0.4, 0.5) is 0 Å². The highest BCUT2D eigenvalue weighted by Gasteiger charge is 2.04. The molecule has 0 aliphatic carbocycles. The van der Waals surface area contributed by atoms with E-state index < -0.39 is 11.9 Å². The Hall–Kier alpha value is -1.96. The number of carbonyl (C=O) groups excluding carboxylic acids is 2. The van der Waals surface area contributed by atoms with Crippen molar-refractivity contribution in [3.63, 3.8) is 0 Å². The van der Waals surface area contributed by atoms with Gasteiger partial charge in [0.25, 0.3) is 0 Å². The van der Waals surface area contributed by atoms with E-state index in [1.807, 2.05) is 0 Å². The highest BCUT2D eigenvalue weighted by molar-refractivity contribution is 5.86. The van der Waals surface area contributed by atoms with Gasteiger partial charge in [-0.2, -0.15) is 0 Å². The molecule has 8 heteroatoms. The summed E-state index contributed by atoms with van der Waals surface area (Å²) in [4.78, 5) is 35.6. The van der Waals surface area contributed by atoms with Gasteiger partial charge < -0.3 is 10.1 Å². The maximum absolute atomic E-state index is 10.9. The molecule has 0 fully saturated rings. The predicted octanol–water partition coefficient (Wildman–Crippen LogP) is -0.575. The number of hydrogen-bond donors (Lipinski definition) is 2. The van der Waals surface area contributed by atoms with Crippen LogP contribution in [0.25, 0.3) is 0 Å². The molecular weight excluding hydrogens is 218 g/mol. The number of carbonyl (C=O) groups is 2. The van der Waals surface area contributed by atoms with E-state index in [0.717, 1.165) is 0 Å². The molecule has 0 atom stereocenters.